The van der Waals surface area contributed by atoms with Crippen LogP contribution in [-0.2, 0) is 12.8 Å². The van der Waals surface area contributed by atoms with Gasteiger partial charge in [-0.05, 0) is 60.1 Å². The molecule has 0 aromatic carbocycles. The third kappa shape index (κ3) is 12.5. The van der Waals surface area contributed by atoms with Gasteiger partial charge in [-0.3, -0.25) is 10.2 Å². The van der Waals surface area contributed by atoms with Crippen molar-refractivity contribution in [3.63, 3.8) is 0 Å². The van der Waals surface area contributed by atoms with Gasteiger partial charge >= 0.3 is 0 Å². The summed E-state index contributed by atoms with van der Waals surface area (Å²) in [6.45, 7) is 7.54. The summed E-state index contributed by atoms with van der Waals surface area (Å²) in [6, 6.07) is 0. The highest BCUT2D eigenvalue weighted by molar-refractivity contribution is 8.76. The van der Waals surface area contributed by atoms with Crippen LogP contribution in [0, 0.1) is 0 Å². The molecule has 178 valence electrons. The Kier molecular flexibility index (Phi) is 15.0. The average molecular weight is 477 g/mol. The Morgan fingerprint density at radius 1 is 0.562 bits per heavy atom. The zero-order valence-corrected chi connectivity index (χ0v) is 21.1. The molecule has 0 amide bonds. The summed E-state index contributed by atoms with van der Waals surface area (Å²) in [5.74, 6) is 1.94. The molecule has 0 aliphatic rings. The Labute approximate surface area is 201 Å². The van der Waals surface area contributed by atoms with E-state index in [1.807, 2.05) is 12.2 Å². The molecule has 0 spiro atoms. The Hall–Kier alpha value is -1.54. The van der Waals surface area contributed by atoms with Gasteiger partial charge in [-0.1, -0.05) is 63.5 Å². The third-order valence-electron chi connectivity index (χ3n) is 5.36. The van der Waals surface area contributed by atoms with Crippen LogP contribution < -0.4 is 0 Å². The number of nitrogens with one attached hydrogen (secondary N) is 2. The summed E-state index contributed by atoms with van der Waals surface area (Å²) >= 11 is 0. The first-order valence-electron chi connectivity index (χ1n) is 12.2. The van der Waals surface area contributed by atoms with Crippen LogP contribution in [0.1, 0.15) is 102 Å². The van der Waals surface area contributed by atoms with Crippen molar-refractivity contribution >= 4 is 21.6 Å². The van der Waals surface area contributed by atoms with E-state index in [0.717, 1.165) is 60.5 Å². The van der Waals surface area contributed by atoms with Crippen molar-refractivity contribution in [2.75, 3.05) is 0 Å². The van der Waals surface area contributed by atoms with Crippen molar-refractivity contribution in [1.82, 2.24) is 30.4 Å². The number of rotatable bonds is 21. The van der Waals surface area contributed by atoms with Crippen molar-refractivity contribution in [2.45, 2.75) is 113 Å². The third-order valence-corrected chi connectivity index (χ3v) is 7.25. The van der Waals surface area contributed by atoms with E-state index in [1.54, 1.807) is 0 Å². The fraction of sp³-hybridized carbons (Fsp3) is 0.667. The van der Waals surface area contributed by atoms with Crippen molar-refractivity contribution < 1.29 is 0 Å². The van der Waals surface area contributed by atoms with Gasteiger partial charge < -0.3 is 0 Å². The van der Waals surface area contributed by atoms with Crippen LogP contribution >= 0.6 is 21.6 Å². The lowest BCUT2D eigenvalue weighted by Gasteiger charge is -1.99. The van der Waals surface area contributed by atoms with Gasteiger partial charge in [0.15, 0.2) is 0 Å². The lowest BCUT2D eigenvalue weighted by Crippen LogP contribution is -1.89. The van der Waals surface area contributed by atoms with Gasteiger partial charge in [0.05, 0.1) is 0 Å². The molecule has 2 rings (SSSR count). The molecule has 2 N–H and O–H groups in total. The van der Waals surface area contributed by atoms with E-state index in [1.165, 1.54) is 85.8 Å². The molecule has 6 nitrogen and oxygen atoms in total. The molecule has 32 heavy (non-hydrogen) atoms. The van der Waals surface area contributed by atoms with Gasteiger partial charge in [0.1, 0.15) is 11.6 Å². The van der Waals surface area contributed by atoms with Gasteiger partial charge in [0.25, 0.3) is 0 Å². The van der Waals surface area contributed by atoms with Crippen LogP contribution in [0.2, 0.25) is 0 Å². The highest BCUT2D eigenvalue weighted by Crippen LogP contribution is 2.33. The number of aromatic amines is 2. The fourth-order valence-electron chi connectivity index (χ4n) is 3.50. The molecule has 2 aromatic heterocycles. The smallest absolute Gasteiger partial charge is 0.219 e. The highest BCUT2D eigenvalue weighted by Gasteiger charge is 2.09. The molecular weight excluding hydrogens is 436 g/mol. The Morgan fingerprint density at radius 2 is 0.938 bits per heavy atom. The van der Waals surface area contributed by atoms with E-state index >= 15 is 0 Å². The average Bonchev–Trinajstić information content (AvgIpc) is 3.45. The van der Waals surface area contributed by atoms with E-state index < -0.39 is 0 Å². The minimum absolute atomic E-state index is 0.747. The monoisotopic (exact) mass is 476 g/mol. The largest absolute Gasteiger partial charge is 0.262 e. The van der Waals surface area contributed by atoms with Crippen LogP contribution in [0.3, 0.4) is 0 Å². The van der Waals surface area contributed by atoms with Crippen LogP contribution in [-0.4, -0.2) is 30.4 Å². The van der Waals surface area contributed by atoms with Crippen LogP contribution in [0.15, 0.2) is 35.6 Å². The number of nitrogens with zero attached hydrogens (tertiary/aromatic N) is 4. The molecule has 0 saturated heterocycles. The fourth-order valence-corrected chi connectivity index (χ4v) is 5.01. The molecule has 2 heterocycles. The number of H-pyrrole nitrogens is 2. The van der Waals surface area contributed by atoms with E-state index in [-0.39, 0.29) is 0 Å². The van der Waals surface area contributed by atoms with Crippen LogP contribution in [0.25, 0.3) is 0 Å². The van der Waals surface area contributed by atoms with E-state index in [4.69, 9.17) is 0 Å². The summed E-state index contributed by atoms with van der Waals surface area (Å²) in [7, 11) is 3.01. The zero-order valence-electron chi connectivity index (χ0n) is 19.5. The summed E-state index contributed by atoms with van der Waals surface area (Å²) in [5, 5.41) is 16.2. The summed E-state index contributed by atoms with van der Waals surface area (Å²) < 4.78 is 0. The molecule has 0 atom stereocenters. The summed E-state index contributed by atoms with van der Waals surface area (Å²) in [6.07, 6.45) is 23.4. The SMILES string of the molecule is C=CCCCCCCCCc1nc(SSc2n[nH]c(CCCCCCCCC=C)n2)n[nH]1. The molecule has 0 radical (unpaired) electrons. The molecule has 8 heteroatoms. The van der Waals surface area contributed by atoms with Gasteiger partial charge in [-0.2, -0.15) is 0 Å². The predicted molar refractivity (Wildman–Crippen MR) is 137 cm³/mol. The topological polar surface area (TPSA) is 83.1 Å². The van der Waals surface area contributed by atoms with Crippen molar-refractivity contribution in [2.24, 2.45) is 0 Å². The lowest BCUT2D eigenvalue weighted by atomic mass is 10.1. The van der Waals surface area contributed by atoms with Gasteiger partial charge in [-0.25, -0.2) is 9.97 Å². The molecular formula is C24H40N6S2. The minimum atomic E-state index is 0.747. The van der Waals surface area contributed by atoms with E-state index in [2.05, 4.69) is 43.5 Å². The second-order valence-electron chi connectivity index (χ2n) is 8.19. The molecule has 2 aromatic rings. The quantitative estimate of drug-likeness (QED) is 0.109. The molecule has 0 bridgehead atoms. The summed E-state index contributed by atoms with van der Waals surface area (Å²) in [4.78, 5) is 9.16. The van der Waals surface area contributed by atoms with Crippen molar-refractivity contribution in [3.05, 3.63) is 37.0 Å². The minimum Gasteiger partial charge on any atom is -0.262 e. The predicted octanol–water partition coefficient (Wildman–Crippen LogP) is 7.64. The molecule has 0 aliphatic heterocycles. The van der Waals surface area contributed by atoms with Crippen molar-refractivity contribution in [3.8, 4) is 0 Å². The number of allylic oxidation sites excluding steroid dienone is 2. The van der Waals surface area contributed by atoms with Gasteiger partial charge in [0.2, 0.25) is 10.3 Å². The van der Waals surface area contributed by atoms with Crippen molar-refractivity contribution in [1.29, 1.82) is 0 Å². The second-order valence-corrected chi connectivity index (χ2v) is 10.3. The Bertz CT molecular complexity index is 680. The first kappa shape index (κ1) is 26.7. The normalized spacial score (nSPS) is 11.1. The molecule has 0 fully saturated rings. The van der Waals surface area contributed by atoms with Gasteiger partial charge in [-0.15, -0.1) is 23.4 Å². The summed E-state index contributed by atoms with van der Waals surface area (Å²) in [5.41, 5.74) is 0. The molecule has 0 unspecified atom stereocenters. The van der Waals surface area contributed by atoms with E-state index in [0.29, 0.717) is 0 Å². The number of unbranched alkanes of at least 4 members (excludes halogenated alkanes) is 12. The standard InChI is InChI=1S/C24H40N6S2/c1-3-5-7-9-11-13-15-17-19-21-25-23(29-27-21)31-32-24-26-22(28-30-24)20-18-16-14-12-10-8-6-4-2/h3-4H,1-2,5-20H2,(H,25,27,29)(H,26,28,30). The Balaban J connectivity index is 1.52. The molecule has 0 saturated carbocycles. The zero-order chi connectivity index (χ0) is 22.7. The molecule has 0 aliphatic carbocycles. The number of aryl methyl sites for hydroxylation is 2. The second kappa shape index (κ2) is 18.0. The van der Waals surface area contributed by atoms with E-state index in [9.17, 15) is 0 Å². The maximum absolute atomic E-state index is 4.58. The van der Waals surface area contributed by atoms with Gasteiger partial charge in [0, 0.05) is 12.8 Å². The number of hydrogen-bond donors (Lipinski definition) is 2. The van der Waals surface area contributed by atoms with Crippen LogP contribution in [0.4, 0.5) is 0 Å². The maximum Gasteiger partial charge on any atom is 0.219 e. The number of aromatic nitrogens is 6. The highest BCUT2D eigenvalue weighted by atomic mass is 33.1. The number of hydrogen-bond acceptors (Lipinski definition) is 6. The Morgan fingerprint density at radius 3 is 1.34 bits per heavy atom. The first-order chi connectivity index (χ1) is 15.8. The first-order valence-corrected chi connectivity index (χ1v) is 14.4. The van der Waals surface area contributed by atoms with Crippen LogP contribution in [0.5, 0.6) is 0 Å². The lowest BCUT2D eigenvalue weighted by molar-refractivity contribution is 0.591. The maximum atomic E-state index is 4.58.